The normalized spacial score (nSPS) is 30.6. The quantitative estimate of drug-likeness (QED) is 0.778. The molecule has 2 saturated heterocycles. The van der Waals surface area contributed by atoms with E-state index in [4.69, 9.17) is 18.6 Å². The zero-order valence-corrected chi connectivity index (χ0v) is 16.1. The predicted molar refractivity (Wildman–Crippen MR) is 104 cm³/mol. The zero-order valence-electron chi connectivity index (χ0n) is 16.1. The fraction of sp³-hybridized carbons (Fsp3) is 0.364. The van der Waals surface area contributed by atoms with Crippen LogP contribution >= 0.6 is 0 Å². The molecule has 8 nitrogen and oxygen atoms in total. The SMILES string of the molecule is O=C(Nc1ccc2c(c1)OCCO2)[C@H]1[C@H]2C(=O)N(Cc3ccco3)C[C@]23C=C[C@H]1O3. The van der Waals surface area contributed by atoms with Crippen molar-refractivity contribution in [2.45, 2.75) is 18.2 Å². The summed E-state index contributed by atoms with van der Waals surface area (Å²) in [5, 5.41) is 2.93. The number of likely N-dealkylation sites (tertiary alicyclic amines) is 1. The van der Waals surface area contributed by atoms with Crippen molar-refractivity contribution in [1.82, 2.24) is 4.90 Å². The van der Waals surface area contributed by atoms with E-state index in [1.807, 2.05) is 18.2 Å². The van der Waals surface area contributed by atoms with E-state index in [1.165, 1.54) is 0 Å². The van der Waals surface area contributed by atoms with Crippen LogP contribution in [0.5, 0.6) is 11.5 Å². The molecule has 0 aliphatic carbocycles. The van der Waals surface area contributed by atoms with Crippen LogP contribution in [0, 0.1) is 11.8 Å². The summed E-state index contributed by atoms with van der Waals surface area (Å²) < 4.78 is 22.7. The van der Waals surface area contributed by atoms with Gasteiger partial charge in [0, 0.05) is 11.8 Å². The molecule has 2 bridgehead atoms. The second-order valence-corrected chi connectivity index (χ2v) is 8.02. The summed E-state index contributed by atoms with van der Waals surface area (Å²) in [4.78, 5) is 28.1. The summed E-state index contributed by atoms with van der Waals surface area (Å²) in [6.07, 6.45) is 5.02. The Labute approximate surface area is 172 Å². The molecule has 4 atom stereocenters. The average Bonchev–Trinajstić information content (AvgIpc) is 3.51. The molecule has 1 spiro atoms. The number of nitrogens with one attached hydrogen (secondary N) is 1. The van der Waals surface area contributed by atoms with Gasteiger partial charge in [-0.05, 0) is 24.3 Å². The van der Waals surface area contributed by atoms with Crippen molar-refractivity contribution >= 4 is 17.5 Å². The number of hydrogen-bond donors (Lipinski definition) is 1. The van der Waals surface area contributed by atoms with E-state index in [2.05, 4.69) is 5.32 Å². The second-order valence-electron chi connectivity index (χ2n) is 8.02. The molecule has 0 unspecified atom stereocenters. The third-order valence-corrected chi connectivity index (χ3v) is 6.22. The molecular weight excluding hydrogens is 388 g/mol. The molecule has 2 aromatic rings. The molecule has 5 heterocycles. The van der Waals surface area contributed by atoms with Crippen LogP contribution in [0.3, 0.4) is 0 Å². The van der Waals surface area contributed by atoms with Crippen molar-refractivity contribution in [2.24, 2.45) is 11.8 Å². The maximum Gasteiger partial charge on any atom is 0.231 e. The molecule has 1 N–H and O–H groups in total. The molecule has 2 amide bonds. The average molecular weight is 408 g/mol. The molecule has 2 fully saturated rings. The summed E-state index contributed by atoms with van der Waals surface area (Å²) in [5.41, 5.74) is -0.147. The zero-order chi connectivity index (χ0) is 20.3. The fourth-order valence-corrected chi connectivity index (χ4v) is 4.95. The highest BCUT2D eigenvalue weighted by molar-refractivity contribution is 5.99. The van der Waals surface area contributed by atoms with Gasteiger partial charge in [-0.1, -0.05) is 12.2 Å². The molecule has 154 valence electrons. The first-order chi connectivity index (χ1) is 14.6. The van der Waals surface area contributed by atoms with Gasteiger partial charge in [0.2, 0.25) is 11.8 Å². The summed E-state index contributed by atoms with van der Waals surface area (Å²) in [7, 11) is 0. The lowest BCUT2D eigenvalue weighted by Gasteiger charge is -2.24. The van der Waals surface area contributed by atoms with Crippen molar-refractivity contribution in [3.63, 3.8) is 0 Å². The largest absolute Gasteiger partial charge is 0.486 e. The van der Waals surface area contributed by atoms with Crippen molar-refractivity contribution in [3.8, 4) is 11.5 Å². The third kappa shape index (κ3) is 2.56. The number of amides is 2. The Bertz CT molecular complexity index is 1050. The van der Waals surface area contributed by atoms with E-state index >= 15 is 0 Å². The van der Waals surface area contributed by atoms with Gasteiger partial charge in [-0.25, -0.2) is 0 Å². The van der Waals surface area contributed by atoms with E-state index in [9.17, 15) is 9.59 Å². The van der Waals surface area contributed by atoms with Crippen LogP contribution in [0.4, 0.5) is 5.69 Å². The molecule has 1 aromatic carbocycles. The number of furan rings is 1. The van der Waals surface area contributed by atoms with Crippen LogP contribution in [0.2, 0.25) is 0 Å². The number of fused-ring (bicyclic) bond motifs is 2. The Morgan fingerprint density at radius 2 is 2.07 bits per heavy atom. The molecule has 1 aromatic heterocycles. The minimum Gasteiger partial charge on any atom is -0.486 e. The number of carbonyl (C=O) groups is 2. The maximum atomic E-state index is 13.2. The maximum absolute atomic E-state index is 13.2. The second kappa shape index (κ2) is 6.37. The lowest BCUT2D eigenvalue weighted by Crippen LogP contribution is -2.41. The molecular formula is C22H20N2O6. The van der Waals surface area contributed by atoms with E-state index in [0.717, 1.165) is 0 Å². The van der Waals surface area contributed by atoms with Crippen LogP contribution in [0.15, 0.2) is 53.2 Å². The number of carbonyl (C=O) groups excluding carboxylic acids is 2. The minimum atomic E-state index is -0.747. The van der Waals surface area contributed by atoms with Gasteiger partial charge in [-0.15, -0.1) is 0 Å². The van der Waals surface area contributed by atoms with E-state index in [0.29, 0.717) is 49.2 Å². The van der Waals surface area contributed by atoms with Crippen LogP contribution in [0.1, 0.15) is 5.76 Å². The van der Waals surface area contributed by atoms with Crippen molar-refractivity contribution in [2.75, 3.05) is 25.1 Å². The minimum absolute atomic E-state index is 0.0828. The van der Waals surface area contributed by atoms with Crippen LogP contribution in [0.25, 0.3) is 0 Å². The smallest absolute Gasteiger partial charge is 0.231 e. The first-order valence-corrected chi connectivity index (χ1v) is 10.0. The van der Waals surface area contributed by atoms with Crippen LogP contribution in [-0.2, 0) is 20.9 Å². The van der Waals surface area contributed by atoms with E-state index in [-0.39, 0.29) is 11.8 Å². The van der Waals surface area contributed by atoms with Gasteiger partial charge in [0.15, 0.2) is 11.5 Å². The Kier molecular flexibility index (Phi) is 3.73. The first-order valence-electron chi connectivity index (χ1n) is 10.0. The number of nitrogens with zero attached hydrogens (tertiary/aromatic N) is 1. The third-order valence-electron chi connectivity index (χ3n) is 6.22. The molecule has 4 aliphatic heterocycles. The highest BCUT2D eigenvalue weighted by atomic mass is 16.6. The summed E-state index contributed by atoms with van der Waals surface area (Å²) in [5.74, 6) is 0.513. The number of benzene rings is 1. The topological polar surface area (TPSA) is 90.2 Å². The van der Waals surface area contributed by atoms with Gasteiger partial charge in [0.1, 0.15) is 24.6 Å². The molecule has 0 radical (unpaired) electrons. The predicted octanol–water partition coefficient (Wildman–Crippen LogP) is 1.97. The van der Waals surface area contributed by atoms with Crippen LogP contribution in [-0.4, -0.2) is 48.2 Å². The lowest BCUT2D eigenvalue weighted by molar-refractivity contribution is -0.136. The summed E-state index contributed by atoms with van der Waals surface area (Å²) in [6.45, 7) is 1.76. The Hall–Kier alpha value is -3.26. The Morgan fingerprint density at radius 1 is 1.20 bits per heavy atom. The van der Waals surface area contributed by atoms with Gasteiger partial charge >= 0.3 is 0 Å². The molecule has 6 rings (SSSR count). The van der Waals surface area contributed by atoms with Crippen molar-refractivity contribution in [3.05, 3.63) is 54.5 Å². The van der Waals surface area contributed by atoms with Crippen molar-refractivity contribution in [1.29, 1.82) is 0 Å². The summed E-state index contributed by atoms with van der Waals surface area (Å²) in [6, 6.07) is 8.91. The first kappa shape index (κ1) is 17.6. The number of ether oxygens (including phenoxy) is 3. The standard InChI is InChI=1S/C22H20N2O6/c25-20(23-13-3-4-15-17(10-13)29-9-8-28-15)18-16-5-6-22(30-16)12-24(21(26)19(18)22)11-14-2-1-7-27-14/h1-7,10,16,18-19H,8-9,11-12H2,(H,23,25)/t16-,18-,19+,22-/m1/s1. The number of rotatable bonds is 4. The van der Waals surface area contributed by atoms with Crippen LogP contribution < -0.4 is 14.8 Å². The number of anilines is 1. The van der Waals surface area contributed by atoms with E-state index in [1.54, 1.807) is 35.4 Å². The molecule has 30 heavy (non-hydrogen) atoms. The summed E-state index contributed by atoms with van der Waals surface area (Å²) >= 11 is 0. The Balaban J connectivity index is 1.23. The molecule has 4 aliphatic rings. The van der Waals surface area contributed by atoms with Gasteiger partial charge in [0.25, 0.3) is 0 Å². The van der Waals surface area contributed by atoms with Gasteiger partial charge in [0.05, 0.1) is 37.3 Å². The fourth-order valence-electron chi connectivity index (χ4n) is 4.95. The molecule has 8 heteroatoms. The number of hydrogen-bond acceptors (Lipinski definition) is 6. The van der Waals surface area contributed by atoms with Gasteiger partial charge in [-0.2, -0.15) is 0 Å². The lowest BCUT2D eigenvalue weighted by atomic mass is 9.77. The molecule has 0 saturated carbocycles. The highest BCUT2D eigenvalue weighted by Crippen LogP contribution is 2.52. The highest BCUT2D eigenvalue weighted by Gasteiger charge is 2.66. The van der Waals surface area contributed by atoms with Crippen molar-refractivity contribution < 1.29 is 28.2 Å². The Morgan fingerprint density at radius 3 is 2.90 bits per heavy atom. The van der Waals surface area contributed by atoms with Gasteiger partial charge < -0.3 is 28.8 Å². The van der Waals surface area contributed by atoms with Gasteiger partial charge in [-0.3, -0.25) is 9.59 Å². The van der Waals surface area contributed by atoms with E-state index < -0.39 is 23.5 Å². The monoisotopic (exact) mass is 408 g/mol.